The molecule has 94 valence electrons. The zero-order chi connectivity index (χ0) is 13.2. The molecule has 17 heavy (non-hydrogen) atoms. The van der Waals surface area contributed by atoms with E-state index in [1.165, 1.54) is 12.1 Å². The highest BCUT2D eigenvalue weighted by atomic mass is 35.5. The summed E-state index contributed by atoms with van der Waals surface area (Å²) in [5, 5.41) is 12.9. The van der Waals surface area contributed by atoms with E-state index in [4.69, 9.17) is 11.6 Å². The molecule has 0 heterocycles. The molecule has 0 radical (unpaired) electrons. The average molecular weight is 256 g/mol. The average Bonchev–Trinajstić information content (AvgIpc) is 2.12. The highest BCUT2D eigenvalue weighted by molar-refractivity contribution is 6.31. The SMILES string of the molecule is C[C@H](NC(C)(C)C)C(=O)c1cc(O)cc(Cl)c1. The summed E-state index contributed by atoms with van der Waals surface area (Å²) in [6.07, 6.45) is 0. The fourth-order valence-electron chi connectivity index (χ4n) is 1.68. The molecule has 3 nitrogen and oxygen atoms in total. The smallest absolute Gasteiger partial charge is 0.179 e. The molecule has 0 aliphatic carbocycles. The van der Waals surface area contributed by atoms with Crippen molar-refractivity contribution in [2.75, 3.05) is 0 Å². The lowest BCUT2D eigenvalue weighted by Crippen LogP contribution is -2.46. The molecule has 0 spiro atoms. The molecule has 0 aliphatic heterocycles. The molecule has 0 unspecified atom stereocenters. The number of halogens is 1. The first-order valence-corrected chi connectivity index (χ1v) is 5.88. The first-order valence-electron chi connectivity index (χ1n) is 5.50. The number of carbonyl (C=O) groups is 1. The van der Waals surface area contributed by atoms with E-state index in [1.807, 2.05) is 20.8 Å². The second-order valence-corrected chi connectivity index (χ2v) is 5.61. The van der Waals surface area contributed by atoms with Gasteiger partial charge in [0.2, 0.25) is 0 Å². The number of nitrogens with one attached hydrogen (secondary N) is 1. The molecular weight excluding hydrogens is 238 g/mol. The molecule has 2 N–H and O–H groups in total. The van der Waals surface area contributed by atoms with Crippen LogP contribution in [0.2, 0.25) is 5.02 Å². The fraction of sp³-hybridized carbons (Fsp3) is 0.462. The van der Waals surface area contributed by atoms with Crippen LogP contribution < -0.4 is 5.32 Å². The third kappa shape index (κ3) is 4.36. The highest BCUT2D eigenvalue weighted by Gasteiger charge is 2.21. The first kappa shape index (κ1) is 14.0. The van der Waals surface area contributed by atoms with Gasteiger partial charge in [0.05, 0.1) is 6.04 Å². The second kappa shape index (κ2) is 5.07. The van der Waals surface area contributed by atoms with E-state index in [-0.39, 0.29) is 23.1 Å². The number of Topliss-reactive ketones (excluding diaryl/α,β-unsaturated/α-hetero) is 1. The van der Waals surface area contributed by atoms with Gasteiger partial charge in [-0.05, 0) is 45.9 Å². The summed E-state index contributed by atoms with van der Waals surface area (Å²) in [5.74, 6) is -0.0819. The predicted molar refractivity (Wildman–Crippen MR) is 69.8 cm³/mol. The summed E-state index contributed by atoms with van der Waals surface area (Å²) >= 11 is 5.80. The Hall–Kier alpha value is -1.06. The van der Waals surface area contributed by atoms with Crippen molar-refractivity contribution in [1.29, 1.82) is 0 Å². The third-order valence-corrected chi connectivity index (χ3v) is 2.43. The van der Waals surface area contributed by atoms with Gasteiger partial charge in [0.25, 0.3) is 0 Å². The Morgan fingerprint density at radius 2 is 1.94 bits per heavy atom. The summed E-state index contributed by atoms with van der Waals surface area (Å²) in [6.45, 7) is 7.77. The number of phenols is 1. The van der Waals surface area contributed by atoms with Crippen LogP contribution in [-0.2, 0) is 0 Å². The van der Waals surface area contributed by atoms with Gasteiger partial charge in [-0.3, -0.25) is 4.79 Å². The van der Waals surface area contributed by atoms with Crippen LogP contribution in [0.25, 0.3) is 0 Å². The van der Waals surface area contributed by atoms with Crippen molar-refractivity contribution < 1.29 is 9.90 Å². The minimum Gasteiger partial charge on any atom is -0.508 e. The van der Waals surface area contributed by atoms with E-state index in [0.717, 1.165) is 0 Å². The normalized spacial score (nSPS) is 13.5. The lowest BCUT2D eigenvalue weighted by molar-refractivity contribution is 0.0935. The second-order valence-electron chi connectivity index (χ2n) is 5.18. The first-order chi connectivity index (χ1) is 7.69. The maximum atomic E-state index is 12.1. The maximum Gasteiger partial charge on any atom is 0.179 e. The van der Waals surface area contributed by atoms with Gasteiger partial charge in [-0.15, -0.1) is 0 Å². The van der Waals surface area contributed by atoms with Crippen molar-refractivity contribution in [3.05, 3.63) is 28.8 Å². The van der Waals surface area contributed by atoms with Crippen molar-refractivity contribution in [3.63, 3.8) is 0 Å². The van der Waals surface area contributed by atoms with Gasteiger partial charge < -0.3 is 10.4 Å². The molecule has 0 bridgehead atoms. The Balaban J connectivity index is 2.89. The third-order valence-electron chi connectivity index (χ3n) is 2.21. The van der Waals surface area contributed by atoms with Gasteiger partial charge in [-0.25, -0.2) is 0 Å². The van der Waals surface area contributed by atoms with E-state index in [9.17, 15) is 9.90 Å². The maximum absolute atomic E-state index is 12.1. The summed E-state index contributed by atoms with van der Waals surface area (Å²) in [6, 6.07) is 4.06. The number of ketones is 1. The molecule has 4 heteroatoms. The molecule has 0 saturated heterocycles. The predicted octanol–water partition coefficient (Wildman–Crippen LogP) is 3.00. The molecule has 0 fully saturated rings. The molecule has 1 rings (SSSR count). The minimum absolute atomic E-state index is 0.00353. The van der Waals surface area contributed by atoms with Crippen LogP contribution in [0.1, 0.15) is 38.1 Å². The van der Waals surface area contributed by atoms with Crippen LogP contribution in [0.15, 0.2) is 18.2 Å². The topological polar surface area (TPSA) is 49.3 Å². The fourth-order valence-corrected chi connectivity index (χ4v) is 1.91. The number of phenolic OH excluding ortho intramolecular Hbond substituents is 1. The van der Waals surface area contributed by atoms with Crippen LogP contribution in [0.3, 0.4) is 0 Å². The molecule has 0 aromatic heterocycles. The van der Waals surface area contributed by atoms with Crippen molar-refractivity contribution in [1.82, 2.24) is 5.32 Å². The van der Waals surface area contributed by atoms with Crippen molar-refractivity contribution in [2.45, 2.75) is 39.3 Å². The quantitative estimate of drug-likeness (QED) is 0.817. The number of carbonyl (C=O) groups excluding carboxylic acids is 1. The Morgan fingerprint density at radius 3 is 2.41 bits per heavy atom. The zero-order valence-electron chi connectivity index (χ0n) is 10.5. The van der Waals surface area contributed by atoms with E-state index >= 15 is 0 Å². The molecule has 1 aromatic rings. The van der Waals surface area contributed by atoms with Gasteiger partial charge >= 0.3 is 0 Å². The molecule has 0 amide bonds. The largest absolute Gasteiger partial charge is 0.508 e. The molecule has 0 aliphatic rings. The summed E-state index contributed by atoms with van der Waals surface area (Å²) in [4.78, 5) is 12.1. The Labute approximate surface area is 107 Å². The number of rotatable bonds is 3. The summed E-state index contributed by atoms with van der Waals surface area (Å²) < 4.78 is 0. The van der Waals surface area contributed by atoms with Crippen LogP contribution in [0.4, 0.5) is 0 Å². The lowest BCUT2D eigenvalue weighted by atomic mass is 10.0. The van der Waals surface area contributed by atoms with Gasteiger partial charge in [-0.1, -0.05) is 11.6 Å². The Kier molecular flexibility index (Phi) is 4.17. The van der Waals surface area contributed by atoms with Gasteiger partial charge in [0.1, 0.15) is 5.75 Å². The van der Waals surface area contributed by atoms with E-state index in [1.54, 1.807) is 13.0 Å². The Bertz CT molecular complexity index is 404. The highest BCUT2D eigenvalue weighted by Crippen LogP contribution is 2.21. The summed E-state index contributed by atoms with van der Waals surface area (Å²) in [5.41, 5.74) is 0.273. The summed E-state index contributed by atoms with van der Waals surface area (Å²) in [7, 11) is 0. The number of aromatic hydroxyl groups is 1. The van der Waals surface area contributed by atoms with Crippen LogP contribution in [-0.4, -0.2) is 22.5 Å². The zero-order valence-corrected chi connectivity index (χ0v) is 11.3. The van der Waals surface area contributed by atoms with Crippen molar-refractivity contribution in [3.8, 4) is 5.75 Å². The number of hydrogen-bond acceptors (Lipinski definition) is 3. The van der Waals surface area contributed by atoms with Crippen molar-refractivity contribution in [2.24, 2.45) is 0 Å². The lowest BCUT2D eigenvalue weighted by Gasteiger charge is -2.25. The van der Waals surface area contributed by atoms with Crippen LogP contribution in [0.5, 0.6) is 5.75 Å². The van der Waals surface area contributed by atoms with Crippen LogP contribution >= 0.6 is 11.6 Å². The van der Waals surface area contributed by atoms with Gasteiger partial charge in [0.15, 0.2) is 5.78 Å². The Morgan fingerprint density at radius 1 is 1.35 bits per heavy atom. The number of benzene rings is 1. The monoisotopic (exact) mass is 255 g/mol. The van der Waals surface area contributed by atoms with E-state index in [2.05, 4.69) is 5.32 Å². The molecule has 1 aromatic carbocycles. The van der Waals surface area contributed by atoms with Crippen molar-refractivity contribution >= 4 is 17.4 Å². The van der Waals surface area contributed by atoms with E-state index < -0.39 is 0 Å². The standard InChI is InChI=1S/C13H18ClNO2/c1-8(15-13(2,3)4)12(17)9-5-10(14)7-11(16)6-9/h5-8,15-16H,1-4H3/t8-/m0/s1. The van der Waals surface area contributed by atoms with Gasteiger partial charge in [0, 0.05) is 16.1 Å². The molecule has 1 atom stereocenters. The molecular formula is C13H18ClNO2. The van der Waals surface area contributed by atoms with E-state index in [0.29, 0.717) is 10.6 Å². The van der Waals surface area contributed by atoms with Gasteiger partial charge in [-0.2, -0.15) is 0 Å². The minimum atomic E-state index is -0.326. The molecule has 0 saturated carbocycles. The van der Waals surface area contributed by atoms with Crippen LogP contribution in [0, 0.1) is 0 Å². The number of hydrogen-bond donors (Lipinski definition) is 2.